The van der Waals surface area contributed by atoms with Crippen molar-refractivity contribution in [1.29, 1.82) is 0 Å². The minimum Gasteiger partial charge on any atom is -0.496 e. The summed E-state index contributed by atoms with van der Waals surface area (Å²) in [7, 11) is 1.40. The van der Waals surface area contributed by atoms with Gasteiger partial charge in [-0.2, -0.15) is 0 Å². The molecular weight excluding hydrogens is 201 g/mol. The number of hydrogen-bond acceptors (Lipinski definition) is 3. The smallest absolute Gasteiger partial charge is 0.312 e. The van der Waals surface area contributed by atoms with E-state index in [0.717, 1.165) is 6.07 Å². The van der Waals surface area contributed by atoms with Crippen molar-refractivity contribution in [3.63, 3.8) is 0 Å². The molecule has 15 heavy (non-hydrogen) atoms. The van der Waals surface area contributed by atoms with Crippen LogP contribution in [0.15, 0.2) is 18.2 Å². The number of carboxylic acids is 1. The highest BCUT2D eigenvalue weighted by Gasteiger charge is 2.22. The van der Waals surface area contributed by atoms with E-state index in [1.54, 1.807) is 0 Å². The van der Waals surface area contributed by atoms with E-state index in [1.165, 1.54) is 19.2 Å². The molecule has 1 aromatic rings. The summed E-state index contributed by atoms with van der Waals surface area (Å²) in [5.41, 5.74) is 5.58. The minimum absolute atomic E-state index is 0.102. The SMILES string of the molecule is COc1ccc(F)cc1C(CN)C(=O)O. The molecule has 0 fully saturated rings. The van der Waals surface area contributed by atoms with E-state index in [4.69, 9.17) is 15.6 Å². The number of aliphatic carboxylic acids is 1. The van der Waals surface area contributed by atoms with Crippen LogP contribution in [0.2, 0.25) is 0 Å². The third-order valence-electron chi connectivity index (χ3n) is 2.10. The molecule has 0 saturated heterocycles. The van der Waals surface area contributed by atoms with Gasteiger partial charge < -0.3 is 15.6 Å². The maximum absolute atomic E-state index is 13.0. The zero-order valence-corrected chi connectivity index (χ0v) is 8.24. The summed E-state index contributed by atoms with van der Waals surface area (Å²) >= 11 is 0. The molecule has 0 amide bonds. The lowest BCUT2D eigenvalue weighted by Gasteiger charge is -2.14. The fraction of sp³-hybridized carbons (Fsp3) is 0.300. The first kappa shape index (κ1) is 11.5. The zero-order valence-electron chi connectivity index (χ0n) is 8.24. The van der Waals surface area contributed by atoms with Crippen molar-refractivity contribution in [3.8, 4) is 5.75 Å². The highest BCUT2D eigenvalue weighted by molar-refractivity contribution is 5.77. The Bertz CT molecular complexity index is 368. The van der Waals surface area contributed by atoms with Crippen molar-refractivity contribution in [2.24, 2.45) is 5.73 Å². The van der Waals surface area contributed by atoms with E-state index in [1.807, 2.05) is 0 Å². The Labute approximate surface area is 86.5 Å². The van der Waals surface area contributed by atoms with Gasteiger partial charge in [0.25, 0.3) is 0 Å². The average molecular weight is 213 g/mol. The fourth-order valence-electron chi connectivity index (χ4n) is 1.34. The van der Waals surface area contributed by atoms with E-state index >= 15 is 0 Å². The molecule has 0 heterocycles. The van der Waals surface area contributed by atoms with Crippen molar-refractivity contribution in [2.45, 2.75) is 5.92 Å². The number of hydrogen-bond donors (Lipinski definition) is 2. The molecule has 0 radical (unpaired) electrons. The molecule has 1 aromatic carbocycles. The molecule has 0 aliphatic carbocycles. The first-order valence-electron chi connectivity index (χ1n) is 4.36. The Kier molecular flexibility index (Phi) is 3.62. The summed E-state index contributed by atoms with van der Waals surface area (Å²) in [5, 5.41) is 8.88. The Morgan fingerprint density at radius 1 is 1.67 bits per heavy atom. The van der Waals surface area contributed by atoms with Crippen molar-refractivity contribution in [3.05, 3.63) is 29.6 Å². The van der Waals surface area contributed by atoms with Crippen LogP contribution in [0, 0.1) is 5.82 Å². The van der Waals surface area contributed by atoms with Crippen molar-refractivity contribution in [2.75, 3.05) is 13.7 Å². The lowest BCUT2D eigenvalue weighted by molar-refractivity contribution is -0.138. The average Bonchev–Trinajstić information content (AvgIpc) is 2.18. The fourth-order valence-corrected chi connectivity index (χ4v) is 1.34. The molecular formula is C10H12FNO3. The van der Waals surface area contributed by atoms with E-state index in [2.05, 4.69) is 0 Å². The molecule has 5 heteroatoms. The van der Waals surface area contributed by atoms with Crippen LogP contribution in [0.1, 0.15) is 11.5 Å². The molecule has 0 aliphatic heterocycles. The van der Waals surface area contributed by atoms with Gasteiger partial charge >= 0.3 is 5.97 Å². The molecule has 0 spiro atoms. The number of methoxy groups -OCH3 is 1. The first-order valence-corrected chi connectivity index (χ1v) is 4.36. The molecule has 82 valence electrons. The van der Waals surface area contributed by atoms with Crippen LogP contribution in [-0.4, -0.2) is 24.7 Å². The van der Waals surface area contributed by atoms with Crippen LogP contribution >= 0.6 is 0 Å². The number of benzene rings is 1. The number of halogens is 1. The van der Waals surface area contributed by atoms with Gasteiger partial charge in [0.05, 0.1) is 13.0 Å². The molecule has 3 N–H and O–H groups in total. The molecule has 0 saturated carbocycles. The summed E-state index contributed by atoms with van der Waals surface area (Å²) in [6.45, 7) is -0.102. The van der Waals surface area contributed by atoms with Gasteiger partial charge in [0, 0.05) is 12.1 Å². The zero-order chi connectivity index (χ0) is 11.4. The third-order valence-corrected chi connectivity index (χ3v) is 2.10. The standard InChI is InChI=1S/C10H12FNO3/c1-15-9-3-2-6(11)4-7(9)8(5-12)10(13)14/h2-4,8H,5,12H2,1H3,(H,13,14). The van der Waals surface area contributed by atoms with Gasteiger partial charge in [-0.25, -0.2) is 4.39 Å². The number of carboxylic acid groups (broad SMARTS) is 1. The van der Waals surface area contributed by atoms with Crippen LogP contribution in [-0.2, 0) is 4.79 Å². The Morgan fingerprint density at radius 3 is 2.80 bits per heavy atom. The Balaban J connectivity index is 3.19. The highest BCUT2D eigenvalue weighted by atomic mass is 19.1. The number of rotatable bonds is 4. The number of ether oxygens (including phenoxy) is 1. The largest absolute Gasteiger partial charge is 0.496 e. The van der Waals surface area contributed by atoms with Crippen LogP contribution in [0.5, 0.6) is 5.75 Å². The van der Waals surface area contributed by atoms with Gasteiger partial charge in [-0.05, 0) is 18.2 Å². The van der Waals surface area contributed by atoms with Crippen LogP contribution in [0.4, 0.5) is 4.39 Å². The van der Waals surface area contributed by atoms with Crippen molar-refractivity contribution < 1.29 is 19.0 Å². The summed E-state index contributed by atoms with van der Waals surface area (Å²) in [4.78, 5) is 10.9. The number of carbonyl (C=O) groups is 1. The summed E-state index contributed by atoms with van der Waals surface area (Å²) in [6.07, 6.45) is 0. The maximum atomic E-state index is 13.0. The molecule has 0 bridgehead atoms. The molecule has 1 rings (SSSR count). The van der Waals surface area contributed by atoms with Gasteiger partial charge in [-0.1, -0.05) is 0 Å². The monoisotopic (exact) mass is 213 g/mol. The normalized spacial score (nSPS) is 12.2. The maximum Gasteiger partial charge on any atom is 0.312 e. The molecule has 0 aromatic heterocycles. The molecule has 1 atom stereocenters. The quantitative estimate of drug-likeness (QED) is 0.781. The second-order valence-electron chi connectivity index (χ2n) is 3.01. The van der Waals surface area contributed by atoms with Crippen LogP contribution in [0.25, 0.3) is 0 Å². The lowest BCUT2D eigenvalue weighted by atomic mass is 9.98. The second-order valence-corrected chi connectivity index (χ2v) is 3.01. The second kappa shape index (κ2) is 4.75. The molecule has 4 nitrogen and oxygen atoms in total. The first-order chi connectivity index (χ1) is 7.10. The van der Waals surface area contributed by atoms with Crippen LogP contribution < -0.4 is 10.5 Å². The lowest BCUT2D eigenvalue weighted by Crippen LogP contribution is -2.21. The molecule has 0 aliphatic rings. The van der Waals surface area contributed by atoms with Crippen LogP contribution in [0.3, 0.4) is 0 Å². The van der Waals surface area contributed by atoms with E-state index in [9.17, 15) is 9.18 Å². The van der Waals surface area contributed by atoms with Gasteiger partial charge in [0.1, 0.15) is 11.6 Å². The highest BCUT2D eigenvalue weighted by Crippen LogP contribution is 2.27. The van der Waals surface area contributed by atoms with E-state index in [0.29, 0.717) is 5.75 Å². The molecule has 1 unspecified atom stereocenters. The van der Waals surface area contributed by atoms with Crippen molar-refractivity contribution in [1.82, 2.24) is 0 Å². The summed E-state index contributed by atoms with van der Waals surface area (Å²) in [6, 6.07) is 3.72. The van der Waals surface area contributed by atoms with E-state index in [-0.39, 0.29) is 12.1 Å². The van der Waals surface area contributed by atoms with Gasteiger partial charge in [0.15, 0.2) is 0 Å². The summed E-state index contributed by atoms with van der Waals surface area (Å²) in [5.74, 6) is -2.23. The van der Waals surface area contributed by atoms with Gasteiger partial charge in [-0.15, -0.1) is 0 Å². The minimum atomic E-state index is -1.10. The Morgan fingerprint density at radius 2 is 2.33 bits per heavy atom. The van der Waals surface area contributed by atoms with Gasteiger partial charge in [0.2, 0.25) is 0 Å². The topological polar surface area (TPSA) is 72.5 Å². The number of nitrogens with two attached hydrogens (primary N) is 1. The van der Waals surface area contributed by atoms with Gasteiger partial charge in [-0.3, -0.25) is 4.79 Å². The Hall–Kier alpha value is -1.62. The van der Waals surface area contributed by atoms with E-state index < -0.39 is 17.7 Å². The van der Waals surface area contributed by atoms with Crippen molar-refractivity contribution >= 4 is 5.97 Å². The summed E-state index contributed by atoms with van der Waals surface area (Å²) < 4.78 is 17.9. The predicted octanol–water partition coefficient (Wildman–Crippen LogP) is 0.961. The predicted molar refractivity (Wildman–Crippen MR) is 52.4 cm³/mol. The third kappa shape index (κ3) is 2.44.